The molecule has 33 heavy (non-hydrogen) atoms. The zero-order valence-electron chi connectivity index (χ0n) is 18.3. The van der Waals surface area contributed by atoms with Crippen molar-refractivity contribution >= 4 is 34.5 Å². The molecular weight excluding hydrogens is 418 g/mol. The summed E-state index contributed by atoms with van der Waals surface area (Å²) in [6, 6.07) is 21.5. The Morgan fingerprint density at radius 3 is 2.30 bits per heavy atom. The van der Waals surface area contributed by atoms with Gasteiger partial charge in [0.2, 0.25) is 5.91 Å². The first-order valence-electron chi connectivity index (χ1n) is 10.5. The maximum atomic E-state index is 13.3. The van der Waals surface area contributed by atoms with E-state index < -0.39 is 11.7 Å². The Labute approximate surface area is 191 Å². The highest BCUT2D eigenvalue weighted by atomic mass is 16.5. The molecule has 0 fully saturated rings. The number of pyridine rings is 1. The molecule has 0 saturated heterocycles. The molecule has 2 heterocycles. The molecule has 4 aromatic rings. The fraction of sp³-hybridized carbons (Fsp3) is 0.115. The largest absolute Gasteiger partial charge is 0.494 e. The van der Waals surface area contributed by atoms with Crippen molar-refractivity contribution in [2.75, 3.05) is 17.2 Å². The normalized spacial score (nSPS) is 10.6. The molecule has 0 atom stereocenters. The third kappa shape index (κ3) is 4.77. The van der Waals surface area contributed by atoms with E-state index in [1.165, 1.54) is 6.92 Å². The summed E-state index contributed by atoms with van der Waals surface area (Å²) in [5, 5.41) is 5.29. The first-order chi connectivity index (χ1) is 16.0. The van der Waals surface area contributed by atoms with E-state index in [-0.39, 0.29) is 11.6 Å². The number of nitrogens with zero attached hydrogens (tertiary/aromatic N) is 1. The lowest BCUT2D eigenvalue weighted by molar-refractivity contribution is -0.114. The minimum Gasteiger partial charge on any atom is -0.494 e. The van der Waals surface area contributed by atoms with Gasteiger partial charge in [-0.1, -0.05) is 24.3 Å². The second kappa shape index (κ2) is 9.40. The van der Waals surface area contributed by atoms with E-state index in [2.05, 4.69) is 10.6 Å². The number of carbonyl (C=O) groups is 3. The first-order valence-corrected chi connectivity index (χ1v) is 10.5. The number of anilines is 2. The number of nitrogens with one attached hydrogen (secondary N) is 2. The number of ether oxygens (including phenoxy) is 1. The SMILES string of the molecule is CCOc1ccc(-c2cc3ccccn3c2C(=O)C(=O)Nc2cccc(NC(C)=O)c2)cc1. The Bertz CT molecular complexity index is 1340. The first kappa shape index (κ1) is 21.8. The number of rotatable bonds is 7. The molecule has 0 aliphatic carbocycles. The zero-order chi connectivity index (χ0) is 23.4. The van der Waals surface area contributed by atoms with Crippen LogP contribution in [0.5, 0.6) is 5.75 Å². The van der Waals surface area contributed by atoms with Crippen LogP contribution in [0.1, 0.15) is 24.3 Å². The standard InChI is InChI=1S/C26H23N3O4/c1-3-33-22-12-10-18(11-13-22)23-16-21-9-4-5-14-29(21)24(23)25(31)26(32)28-20-8-6-7-19(15-20)27-17(2)30/h4-16H,3H2,1-2H3,(H,27,30)(H,28,32). The van der Waals surface area contributed by atoms with E-state index >= 15 is 0 Å². The van der Waals surface area contributed by atoms with Gasteiger partial charge in [-0.2, -0.15) is 0 Å². The fourth-order valence-electron chi connectivity index (χ4n) is 3.65. The van der Waals surface area contributed by atoms with Crippen molar-refractivity contribution in [3.8, 4) is 16.9 Å². The molecule has 2 amide bonds. The molecule has 166 valence electrons. The Hall–Kier alpha value is -4.39. The van der Waals surface area contributed by atoms with Gasteiger partial charge in [0.25, 0.3) is 11.7 Å². The highest BCUT2D eigenvalue weighted by Crippen LogP contribution is 2.30. The molecule has 2 aromatic carbocycles. The molecule has 0 spiro atoms. The molecule has 0 aliphatic heterocycles. The number of hydrogen-bond acceptors (Lipinski definition) is 4. The van der Waals surface area contributed by atoms with Gasteiger partial charge < -0.3 is 19.8 Å². The van der Waals surface area contributed by atoms with Crippen molar-refractivity contribution in [2.24, 2.45) is 0 Å². The second-order valence-corrected chi connectivity index (χ2v) is 7.40. The lowest BCUT2D eigenvalue weighted by Gasteiger charge is -2.10. The molecule has 0 saturated carbocycles. The van der Waals surface area contributed by atoms with Crippen LogP contribution < -0.4 is 15.4 Å². The molecular formula is C26H23N3O4. The van der Waals surface area contributed by atoms with Crippen LogP contribution in [0.15, 0.2) is 79.0 Å². The number of hydrogen-bond donors (Lipinski definition) is 2. The topological polar surface area (TPSA) is 88.9 Å². The molecule has 0 unspecified atom stereocenters. The summed E-state index contributed by atoms with van der Waals surface area (Å²) in [6.07, 6.45) is 1.76. The van der Waals surface area contributed by atoms with Gasteiger partial charge in [-0.15, -0.1) is 0 Å². The van der Waals surface area contributed by atoms with Gasteiger partial charge in [0.05, 0.1) is 6.61 Å². The van der Waals surface area contributed by atoms with E-state index in [4.69, 9.17) is 4.74 Å². The number of carbonyl (C=O) groups excluding carboxylic acids is 3. The van der Waals surface area contributed by atoms with Gasteiger partial charge in [-0.3, -0.25) is 14.4 Å². The van der Waals surface area contributed by atoms with E-state index in [1.807, 2.05) is 49.4 Å². The minimum absolute atomic E-state index is 0.228. The molecule has 0 bridgehead atoms. The Kier molecular flexibility index (Phi) is 6.22. The highest BCUT2D eigenvalue weighted by Gasteiger charge is 2.25. The van der Waals surface area contributed by atoms with Crippen LogP contribution >= 0.6 is 0 Å². The Morgan fingerprint density at radius 1 is 0.879 bits per heavy atom. The minimum atomic E-state index is -0.772. The van der Waals surface area contributed by atoms with Crippen LogP contribution in [0.3, 0.4) is 0 Å². The van der Waals surface area contributed by atoms with E-state index in [0.29, 0.717) is 23.5 Å². The molecule has 7 heteroatoms. The summed E-state index contributed by atoms with van der Waals surface area (Å²) in [6.45, 7) is 3.87. The Balaban J connectivity index is 1.68. The summed E-state index contributed by atoms with van der Waals surface area (Å²) >= 11 is 0. The van der Waals surface area contributed by atoms with Crippen LogP contribution in [-0.4, -0.2) is 28.6 Å². The van der Waals surface area contributed by atoms with E-state index in [1.54, 1.807) is 40.9 Å². The molecule has 2 aromatic heterocycles. The highest BCUT2D eigenvalue weighted by molar-refractivity contribution is 6.47. The number of ketones is 1. The monoisotopic (exact) mass is 441 g/mol. The van der Waals surface area contributed by atoms with Crippen LogP contribution in [0.2, 0.25) is 0 Å². The number of fused-ring (bicyclic) bond motifs is 1. The van der Waals surface area contributed by atoms with Crippen LogP contribution in [-0.2, 0) is 9.59 Å². The van der Waals surface area contributed by atoms with Crippen molar-refractivity contribution in [3.05, 3.63) is 84.7 Å². The molecule has 0 aliphatic rings. The number of aromatic nitrogens is 1. The summed E-state index contributed by atoms with van der Waals surface area (Å²) in [5.41, 5.74) is 3.44. The maximum absolute atomic E-state index is 13.3. The summed E-state index contributed by atoms with van der Waals surface area (Å²) in [4.78, 5) is 37.6. The summed E-state index contributed by atoms with van der Waals surface area (Å²) in [7, 11) is 0. The average Bonchev–Trinajstić information content (AvgIpc) is 3.18. The van der Waals surface area contributed by atoms with Crippen molar-refractivity contribution in [1.29, 1.82) is 0 Å². The van der Waals surface area contributed by atoms with Gasteiger partial charge >= 0.3 is 0 Å². The van der Waals surface area contributed by atoms with Gasteiger partial charge in [-0.05, 0) is 61.0 Å². The van der Waals surface area contributed by atoms with Crippen molar-refractivity contribution < 1.29 is 19.1 Å². The van der Waals surface area contributed by atoms with Gasteiger partial charge in [0.1, 0.15) is 11.4 Å². The van der Waals surface area contributed by atoms with Crippen molar-refractivity contribution in [1.82, 2.24) is 4.40 Å². The lowest BCUT2D eigenvalue weighted by atomic mass is 10.0. The predicted octanol–water partition coefficient (Wildman–Crippen LogP) is 4.78. The average molecular weight is 441 g/mol. The van der Waals surface area contributed by atoms with Crippen LogP contribution in [0.25, 0.3) is 16.6 Å². The smallest absolute Gasteiger partial charge is 0.298 e. The van der Waals surface area contributed by atoms with Crippen LogP contribution in [0.4, 0.5) is 11.4 Å². The molecule has 4 rings (SSSR count). The van der Waals surface area contributed by atoms with Gasteiger partial charge in [0.15, 0.2) is 0 Å². The summed E-state index contributed by atoms with van der Waals surface area (Å²) in [5.74, 6) is -0.940. The van der Waals surface area contributed by atoms with Gasteiger partial charge in [0, 0.05) is 35.6 Å². The third-order valence-electron chi connectivity index (χ3n) is 5.02. The summed E-state index contributed by atoms with van der Waals surface area (Å²) < 4.78 is 7.22. The molecule has 7 nitrogen and oxygen atoms in total. The fourth-order valence-corrected chi connectivity index (χ4v) is 3.65. The van der Waals surface area contributed by atoms with E-state index in [0.717, 1.165) is 16.8 Å². The number of benzene rings is 2. The molecule has 0 radical (unpaired) electrons. The van der Waals surface area contributed by atoms with Gasteiger partial charge in [-0.25, -0.2) is 0 Å². The zero-order valence-corrected chi connectivity index (χ0v) is 18.3. The Morgan fingerprint density at radius 2 is 1.61 bits per heavy atom. The van der Waals surface area contributed by atoms with E-state index in [9.17, 15) is 14.4 Å². The van der Waals surface area contributed by atoms with Crippen molar-refractivity contribution in [3.63, 3.8) is 0 Å². The second-order valence-electron chi connectivity index (χ2n) is 7.40. The number of Topliss-reactive ketones (excluding diaryl/α,β-unsaturated/α-hetero) is 1. The predicted molar refractivity (Wildman–Crippen MR) is 128 cm³/mol. The lowest BCUT2D eigenvalue weighted by Crippen LogP contribution is -2.24. The van der Waals surface area contributed by atoms with Crippen LogP contribution in [0, 0.1) is 0 Å². The quantitative estimate of drug-likeness (QED) is 0.319. The maximum Gasteiger partial charge on any atom is 0.298 e. The number of amides is 2. The van der Waals surface area contributed by atoms with Crippen molar-refractivity contribution in [2.45, 2.75) is 13.8 Å². The molecule has 2 N–H and O–H groups in total. The third-order valence-corrected chi connectivity index (χ3v) is 5.02.